The van der Waals surface area contributed by atoms with Crippen LogP contribution in [0.2, 0.25) is 0 Å². The number of benzene rings is 1. The molecule has 1 heterocycles. The minimum Gasteiger partial charge on any atom is -0.505 e. The largest absolute Gasteiger partial charge is 0.505 e. The van der Waals surface area contributed by atoms with Crippen LogP contribution in [0.1, 0.15) is 37.6 Å². The zero-order valence-corrected chi connectivity index (χ0v) is 13.7. The third kappa shape index (κ3) is 4.12. The van der Waals surface area contributed by atoms with E-state index >= 15 is 0 Å². The number of hydrogen-bond acceptors (Lipinski definition) is 4. The predicted octanol–water partition coefficient (Wildman–Crippen LogP) is 2.41. The summed E-state index contributed by atoms with van der Waals surface area (Å²) in [5.41, 5.74) is -1.47. The van der Waals surface area contributed by atoms with Gasteiger partial charge in [0.1, 0.15) is 17.0 Å². The first kappa shape index (κ1) is 18.0. The molecule has 1 aromatic rings. The van der Waals surface area contributed by atoms with Crippen molar-refractivity contribution in [2.75, 3.05) is 13.1 Å². The highest BCUT2D eigenvalue weighted by atomic mass is 19.1. The van der Waals surface area contributed by atoms with Crippen LogP contribution in [0, 0.1) is 11.6 Å². The molecule has 2 rings (SSSR count). The highest BCUT2D eigenvalue weighted by molar-refractivity contribution is 5.95. The molecule has 0 radical (unpaired) electrons. The standard InChI is InChI=1S/C16H20F2N2O4/c1-16(2,3)24-15(23)20-7-6-9(8-20)19-14(22)12-10(17)4-5-11(21)13(12)18/h4-5,9,21H,6-8H2,1-3H3,(H,19,22). The lowest BCUT2D eigenvalue weighted by Crippen LogP contribution is -2.40. The second-order valence-corrected chi connectivity index (χ2v) is 6.64. The molecule has 2 N–H and O–H groups in total. The molecule has 1 aliphatic rings. The molecular weight excluding hydrogens is 322 g/mol. The summed E-state index contributed by atoms with van der Waals surface area (Å²) < 4.78 is 32.6. The van der Waals surface area contributed by atoms with Gasteiger partial charge in [-0.25, -0.2) is 13.6 Å². The molecule has 1 aromatic carbocycles. The van der Waals surface area contributed by atoms with Gasteiger partial charge in [0.05, 0.1) is 0 Å². The molecule has 1 saturated heterocycles. The molecule has 24 heavy (non-hydrogen) atoms. The van der Waals surface area contributed by atoms with E-state index in [1.807, 2.05) is 0 Å². The molecule has 1 fully saturated rings. The van der Waals surface area contributed by atoms with Crippen molar-refractivity contribution in [3.8, 4) is 5.75 Å². The molecule has 0 spiro atoms. The van der Waals surface area contributed by atoms with Gasteiger partial charge >= 0.3 is 6.09 Å². The maximum atomic E-state index is 13.7. The zero-order valence-electron chi connectivity index (χ0n) is 13.7. The summed E-state index contributed by atoms with van der Waals surface area (Å²) >= 11 is 0. The third-order valence-electron chi connectivity index (χ3n) is 3.47. The SMILES string of the molecule is CC(C)(C)OC(=O)N1CCC(NC(=O)c2c(F)ccc(O)c2F)C1. The van der Waals surface area contributed by atoms with Crippen molar-refractivity contribution in [2.45, 2.75) is 38.8 Å². The van der Waals surface area contributed by atoms with Gasteiger partial charge in [0, 0.05) is 19.1 Å². The number of nitrogens with zero attached hydrogens (tertiary/aromatic N) is 1. The van der Waals surface area contributed by atoms with E-state index in [0.29, 0.717) is 13.0 Å². The van der Waals surface area contributed by atoms with Crippen molar-refractivity contribution in [3.63, 3.8) is 0 Å². The second-order valence-electron chi connectivity index (χ2n) is 6.64. The van der Waals surface area contributed by atoms with Gasteiger partial charge in [-0.2, -0.15) is 0 Å². The number of likely N-dealkylation sites (tertiary alicyclic amines) is 1. The number of ether oxygens (including phenoxy) is 1. The topological polar surface area (TPSA) is 78.9 Å². The molecule has 6 nitrogen and oxygen atoms in total. The van der Waals surface area contributed by atoms with E-state index in [-0.39, 0.29) is 6.54 Å². The lowest BCUT2D eigenvalue weighted by Gasteiger charge is -2.24. The van der Waals surface area contributed by atoms with Crippen molar-refractivity contribution in [3.05, 3.63) is 29.3 Å². The Balaban J connectivity index is 2.00. The minimum absolute atomic E-state index is 0.183. The summed E-state index contributed by atoms with van der Waals surface area (Å²) in [7, 11) is 0. The first-order valence-electron chi connectivity index (χ1n) is 7.54. The van der Waals surface area contributed by atoms with E-state index in [1.54, 1.807) is 20.8 Å². The van der Waals surface area contributed by atoms with Crippen LogP contribution in [0.25, 0.3) is 0 Å². The number of carbonyl (C=O) groups excluding carboxylic acids is 2. The van der Waals surface area contributed by atoms with Gasteiger partial charge in [-0.05, 0) is 39.3 Å². The Morgan fingerprint density at radius 3 is 2.62 bits per heavy atom. The first-order valence-corrected chi connectivity index (χ1v) is 7.54. The summed E-state index contributed by atoms with van der Waals surface area (Å²) in [6.45, 7) is 5.78. The number of hydrogen-bond donors (Lipinski definition) is 2. The lowest BCUT2D eigenvalue weighted by atomic mass is 10.1. The molecule has 8 heteroatoms. The van der Waals surface area contributed by atoms with E-state index in [0.717, 1.165) is 12.1 Å². The average molecular weight is 342 g/mol. The fraction of sp³-hybridized carbons (Fsp3) is 0.500. The summed E-state index contributed by atoms with van der Waals surface area (Å²) in [5, 5.41) is 11.7. The van der Waals surface area contributed by atoms with Crippen LogP contribution in [0.15, 0.2) is 12.1 Å². The number of carbonyl (C=O) groups is 2. The van der Waals surface area contributed by atoms with Gasteiger partial charge in [-0.15, -0.1) is 0 Å². The highest BCUT2D eigenvalue weighted by Crippen LogP contribution is 2.22. The molecule has 1 atom stereocenters. The molecule has 2 amide bonds. The van der Waals surface area contributed by atoms with Crippen LogP contribution in [0.3, 0.4) is 0 Å². The Bertz CT molecular complexity index is 658. The number of rotatable bonds is 2. The van der Waals surface area contributed by atoms with Gasteiger partial charge in [0.25, 0.3) is 5.91 Å². The molecule has 132 valence electrons. The van der Waals surface area contributed by atoms with E-state index in [2.05, 4.69) is 5.32 Å². The van der Waals surface area contributed by atoms with Crippen LogP contribution in [0.4, 0.5) is 13.6 Å². The summed E-state index contributed by atoms with van der Waals surface area (Å²) in [6, 6.07) is 1.20. The number of halogens is 2. The quantitative estimate of drug-likeness (QED) is 0.865. The maximum absolute atomic E-state index is 13.7. The number of amides is 2. The molecule has 0 aromatic heterocycles. The van der Waals surface area contributed by atoms with E-state index in [1.165, 1.54) is 4.90 Å². The fourth-order valence-corrected chi connectivity index (χ4v) is 2.38. The smallest absolute Gasteiger partial charge is 0.410 e. The van der Waals surface area contributed by atoms with Gasteiger partial charge in [-0.3, -0.25) is 4.79 Å². The van der Waals surface area contributed by atoms with Crippen molar-refractivity contribution >= 4 is 12.0 Å². The Morgan fingerprint density at radius 2 is 2.00 bits per heavy atom. The average Bonchev–Trinajstić information content (AvgIpc) is 2.90. The number of phenolic OH excluding ortho intramolecular Hbond substituents is 1. The highest BCUT2D eigenvalue weighted by Gasteiger charge is 2.31. The number of phenols is 1. The van der Waals surface area contributed by atoms with Crippen LogP contribution >= 0.6 is 0 Å². The molecular formula is C16H20F2N2O4. The van der Waals surface area contributed by atoms with E-state index in [4.69, 9.17) is 4.74 Å². The van der Waals surface area contributed by atoms with Crippen molar-refractivity contribution in [1.29, 1.82) is 0 Å². The van der Waals surface area contributed by atoms with Gasteiger partial charge in [0.2, 0.25) is 0 Å². The van der Waals surface area contributed by atoms with Crippen LogP contribution in [-0.4, -0.2) is 46.7 Å². The Kier molecular flexibility index (Phi) is 4.96. The Morgan fingerprint density at radius 1 is 1.33 bits per heavy atom. The Labute approximate surface area is 138 Å². The van der Waals surface area contributed by atoms with Crippen LogP contribution < -0.4 is 5.32 Å². The normalized spacial score (nSPS) is 17.7. The molecule has 0 bridgehead atoms. The van der Waals surface area contributed by atoms with Crippen molar-refractivity contribution in [1.82, 2.24) is 10.2 Å². The van der Waals surface area contributed by atoms with E-state index < -0.39 is 46.6 Å². The first-order chi connectivity index (χ1) is 11.1. The van der Waals surface area contributed by atoms with Gasteiger partial charge in [-0.1, -0.05) is 0 Å². The lowest BCUT2D eigenvalue weighted by molar-refractivity contribution is 0.0290. The van der Waals surface area contributed by atoms with Crippen molar-refractivity contribution < 1.29 is 28.2 Å². The number of aromatic hydroxyl groups is 1. The molecule has 1 unspecified atom stereocenters. The van der Waals surface area contributed by atoms with Crippen LogP contribution in [0.5, 0.6) is 5.75 Å². The Hall–Kier alpha value is -2.38. The van der Waals surface area contributed by atoms with Gasteiger partial charge < -0.3 is 20.1 Å². The zero-order chi connectivity index (χ0) is 18.1. The minimum atomic E-state index is -1.31. The molecule has 0 saturated carbocycles. The summed E-state index contributed by atoms with van der Waals surface area (Å²) in [5.74, 6) is -4.15. The summed E-state index contributed by atoms with van der Waals surface area (Å²) in [6.07, 6.45) is -0.0681. The molecule has 1 aliphatic heterocycles. The van der Waals surface area contributed by atoms with E-state index in [9.17, 15) is 23.5 Å². The predicted molar refractivity (Wildman–Crippen MR) is 81.7 cm³/mol. The van der Waals surface area contributed by atoms with Gasteiger partial charge in [0.15, 0.2) is 11.6 Å². The monoisotopic (exact) mass is 342 g/mol. The maximum Gasteiger partial charge on any atom is 0.410 e. The molecule has 0 aliphatic carbocycles. The third-order valence-corrected chi connectivity index (χ3v) is 3.47. The fourth-order valence-electron chi connectivity index (χ4n) is 2.38. The van der Waals surface area contributed by atoms with Crippen molar-refractivity contribution in [2.24, 2.45) is 0 Å². The number of nitrogens with one attached hydrogen (secondary N) is 1. The summed E-state index contributed by atoms with van der Waals surface area (Å²) in [4.78, 5) is 25.4. The van der Waals surface area contributed by atoms with Crippen LogP contribution in [-0.2, 0) is 4.74 Å². The second kappa shape index (κ2) is 6.62.